The molecule has 0 aromatic heterocycles. The maximum absolute atomic E-state index is 13.9. The van der Waals surface area contributed by atoms with Gasteiger partial charge in [0.15, 0.2) is 0 Å². The van der Waals surface area contributed by atoms with Gasteiger partial charge in [0.2, 0.25) is 11.8 Å². The van der Waals surface area contributed by atoms with Gasteiger partial charge < -0.3 is 0 Å². The summed E-state index contributed by atoms with van der Waals surface area (Å²) in [4.78, 5) is 29.1. The van der Waals surface area contributed by atoms with Crippen molar-refractivity contribution < 1.29 is 9.59 Å². The minimum atomic E-state index is -0.826. The van der Waals surface area contributed by atoms with Crippen LogP contribution in [-0.2, 0) is 18.2 Å². The van der Waals surface area contributed by atoms with Crippen LogP contribution in [0.2, 0.25) is 10.0 Å². The Morgan fingerprint density at radius 2 is 1.13 bits per heavy atom. The molecule has 1 heterocycles. The molecule has 3 aromatic carbocycles. The first-order valence-corrected chi connectivity index (χ1v) is 12.1. The van der Waals surface area contributed by atoms with Gasteiger partial charge in [0.05, 0.1) is 31.2 Å². The first-order chi connectivity index (χ1) is 14.8. The Morgan fingerprint density at radius 1 is 0.710 bits per heavy atom. The first kappa shape index (κ1) is 20.0. The summed E-state index contributed by atoms with van der Waals surface area (Å²) in [5, 5.41) is 0.714. The molecule has 7 heteroatoms. The summed E-state index contributed by atoms with van der Waals surface area (Å²) in [6.45, 7) is 0. The summed E-state index contributed by atoms with van der Waals surface area (Å²) in [6, 6.07) is 20.8. The van der Waals surface area contributed by atoms with Crippen molar-refractivity contribution in [1.29, 1.82) is 0 Å². The molecular formula is C24H13Br2Cl2NO2. The van der Waals surface area contributed by atoms with Gasteiger partial charge in [-0.05, 0) is 40.5 Å². The van der Waals surface area contributed by atoms with Gasteiger partial charge >= 0.3 is 0 Å². The third-order valence-electron chi connectivity index (χ3n) is 6.73. The number of halogens is 4. The second-order valence-corrected chi connectivity index (χ2v) is 11.4. The quantitative estimate of drug-likeness (QED) is 0.248. The predicted octanol–water partition coefficient (Wildman–Crippen LogP) is 6.40. The predicted molar refractivity (Wildman–Crippen MR) is 128 cm³/mol. The van der Waals surface area contributed by atoms with Crippen molar-refractivity contribution >= 4 is 72.6 Å². The molecule has 0 N–H and O–H groups in total. The van der Waals surface area contributed by atoms with E-state index in [0.717, 1.165) is 22.3 Å². The lowest BCUT2D eigenvalue weighted by Crippen LogP contribution is -2.56. The van der Waals surface area contributed by atoms with Crippen LogP contribution in [0.4, 0.5) is 5.69 Å². The summed E-state index contributed by atoms with van der Waals surface area (Å²) in [7, 11) is 0. The minimum Gasteiger partial charge on any atom is -0.274 e. The van der Waals surface area contributed by atoms with E-state index in [4.69, 9.17) is 23.2 Å². The SMILES string of the molecule is O=C1[C@H]2[C@H](C(=O)N1c1cc(Cl)ccc1Cl)C1(Br)c3ccccc3C2(Br)c2ccccc21. The Morgan fingerprint density at radius 3 is 1.55 bits per heavy atom. The smallest absolute Gasteiger partial charge is 0.239 e. The zero-order valence-corrected chi connectivity index (χ0v) is 20.5. The van der Waals surface area contributed by atoms with Crippen molar-refractivity contribution in [1.82, 2.24) is 0 Å². The van der Waals surface area contributed by atoms with Gasteiger partial charge in [-0.15, -0.1) is 0 Å². The van der Waals surface area contributed by atoms with E-state index in [9.17, 15) is 9.59 Å². The highest BCUT2D eigenvalue weighted by Crippen LogP contribution is 2.71. The van der Waals surface area contributed by atoms with E-state index in [2.05, 4.69) is 31.9 Å². The molecule has 3 nitrogen and oxygen atoms in total. The highest BCUT2D eigenvalue weighted by atomic mass is 79.9. The van der Waals surface area contributed by atoms with Crippen molar-refractivity contribution in [2.45, 2.75) is 8.65 Å². The molecule has 2 amide bonds. The Balaban J connectivity index is 1.67. The fraction of sp³-hybridized carbons (Fsp3) is 0.167. The summed E-state index contributed by atoms with van der Waals surface area (Å²) in [6.07, 6.45) is 0. The number of hydrogen-bond donors (Lipinski definition) is 0. The molecule has 0 unspecified atom stereocenters. The van der Waals surface area contributed by atoms with Crippen LogP contribution >= 0.6 is 55.1 Å². The van der Waals surface area contributed by atoms with Crippen molar-refractivity contribution in [3.63, 3.8) is 0 Å². The van der Waals surface area contributed by atoms with Crippen LogP contribution < -0.4 is 4.90 Å². The molecule has 1 saturated heterocycles. The van der Waals surface area contributed by atoms with Crippen LogP contribution in [0.5, 0.6) is 0 Å². The van der Waals surface area contributed by atoms with Gasteiger partial charge in [0.1, 0.15) is 0 Å². The number of hydrogen-bond acceptors (Lipinski definition) is 2. The van der Waals surface area contributed by atoms with E-state index >= 15 is 0 Å². The van der Waals surface area contributed by atoms with E-state index < -0.39 is 20.5 Å². The van der Waals surface area contributed by atoms with Gasteiger partial charge in [0, 0.05) is 5.02 Å². The van der Waals surface area contributed by atoms with Crippen molar-refractivity contribution in [2.24, 2.45) is 11.8 Å². The minimum absolute atomic E-state index is 0.288. The number of amides is 2. The molecule has 3 aliphatic carbocycles. The van der Waals surface area contributed by atoms with Crippen LogP contribution in [0.3, 0.4) is 0 Å². The van der Waals surface area contributed by atoms with Crippen LogP contribution in [0.15, 0.2) is 66.7 Å². The molecule has 4 aliphatic rings. The third-order valence-corrected chi connectivity index (χ3v) is 9.98. The van der Waals surface area contributed by atoms with E-state index in [-0.39, 0.29) is 11.8 Å². The number of carbonyl (C=O) groups is 2. The van der Waals surface area contributed by atoms with Gasteiger partial charge in [-0.1, -0.05) is 104 Å². The van der Waals surface area contributed by atoms with Gasteiger partial charge in [-0.2, -0.15) is 0 Å². The molecule has 0 spiro atoms. The molecule has 1 aliphatic heterocycles. The van der Waals surface area contributed by atoms with Crippen LogP contribution in [0.1, 0.15) is 22.3 Å². The van der Waals surface area contributed by atoms with E-state index in [0.29, 0.717) is 15.7 Å². The normalized spacial score (nSPS) is 30.3. The summed E-state index contributed by atoms with van der Waals surface area (Å²) in [5.41, 5.74) is 4.29. The number of carbonyl (C=O) groups excluding carboxylic acids is 2. The number of nitrogens with zero attached hydrogens (tertiary/aromatic N) is 1. The Bertz CT molecular complexity index is 1200. The lowest BCUT2D eigenvalue weighted by Gasteiger charge is -2.55. The molecule has 0 radical (unpaired) electrons. The molecule has 31 heavy (non-hydrogen) atoms. The Labute approximate surface area is 205 Å². The van der Waals surface area contributed by atoms with Crippen molar-refractivity contribution in [3.05, 3.63) is 99.0 Å². The monoisotopic (exact) mass is 575 g/mol. The zero-order chi connectivity index (χ0) is 21.7. The van der Waals surface area contributed by atoms with E-state index in [1.165, 1.54) is 4.90 Å². The summed E-state index contributed by atoms with van der Waals surface area (Å²) in [5.74, 6) is -1.86. The Hall–Kier alpha value is -1.66. The lowest BCUT2D eigenvalue weighted by molar-refractivity contribution is -0.122. The molecule has 0 saturated carbocycles. The lowest BCUT2D eigenvalue weighted by atomic mass is 9.54. The van der Waals surface area contributed by atoms with Gasteiger partial charge in [-0.3, -0.25) is 9.59 Å². The van der Waals surface area contributed by atoms with Crippen LogP contribution in [-0.4, -0.2) is 11.8 Å². The van der Waals surface area contributed by atoms with Gasteiger partial charge in [-0.25, -0.2) is 4.90 Å². The number of rotatable bonds is 1. The second kappa shape index (κ2) is 6.44. The largest absolute Gasteiger partial charge is 0.274 e. The maximum atomic E-state index is 13.9. The molecular weight excluding hydrogens is 565 g/mol. The van der Waals surface area contributed by atoms with E-state index in [1.807, 2.05) is 48.5 Å². The average Bonchev–Trinajstić information content (AvgIpc) is 3.05. The highest BCUT2D eigenvalue weighted by Gasteiger charge is 2.72. The fourth-order valence-electron chi connectivity index (χ4n) is 5.56. The maximum Gasteiger partial charge on any atom is 0.239 e. The molecule has 7 rings (SSSR count). The fourth-order valence-corrected chi connectivity index (χ4v) is 8.23. The van der Waals surface area contributed by atoms with Crippen molar-refractivity contribution in [2.75, 3.05) is 4.90 Å². The Kier molecular flexibility index (Phi) is 4.15. The molecule has 1 fully saturated rings. The van der Waals surface area contributed by atoms with Crippen LogP contribution in [0.25, 0.3) is 0 Å². The van der Waals surface area contributed by atoms with Gasteiger partial charge in [0.25, 0.3) is 0 Å². The second-order valence-electron chi connectivity index (χ2n) is 8.08. The summed E-state index contributed by atoms with van der Waals surface area (Å²) >= 11 is 20.6. The third kappa shape index (κ3) is 2.26. The molecule has 2 bridgehead atoms. The number of anilines is 1. The standard InChI is InChI=1S/C24H13Br2Cl2NO2/c25-23-13-5-1-2-6-14(13)24(26,16-8-4-3-7-15(16)23)20-19(23)21(30)29(22(20)31)18-11-12(27)9-10-17(18)28/h1-11,19-20H/t19-,20-,23?,24?/m1/s1. The zero-order valence-electron chi connectivity index (χ0n) is 15.8. The summed E-state index contributed by atoms with van der Waals surface area (Å²) < 4.78 is -1.65. The van der Waals surface area contributed by atoms with Crippen LogP contribution in [0, 0.1) is 11.8 Å². The average molecular weight is 578 g/mol. The number of benzene rings is 3. The van der Waals surface area contributed by atoms with Crippen molar-refractivity contribution in [3.8, 4) is 0 Å². The first-order valence-electron chi connectivity index (χ1n) is 9.72. The molecule has 2 atom stereocenters. The number of alkyl halides is 2. The molecule has 154 valence electrons. The van der Waals surface area contributed by atoms with E-state index in [1.54, 1.807) is 18.2 Å². The highest BCUT2D eigenvalue weighted by molar-refractivity contribution is 9.10. The topological polar surface area (TPSA) is 37.4 Å². The number of imide groups is 1. The molecule has 3 aromatic rings.